The number of hydrogen-bond donors (Lipinski definition) is 0. The first-order chi connectivity index (χ1) is 8.38. The number of nitrogens with zero attached hydrogens (tertiary/aromatic N) is 1. The molecule has 0 radical (unpaired) electrons. The summed E-state index contributed by atoms with van der Waals surface area (Å²) < 4.78 is 49.5. The van der Waals surface area contributed by atoms with Gasteiger partial charge in [-0.15, -0.1) is 0 Å². The molecule has 1 aromatic rings. The number of hydrogen-bond acceptors (Lipinski definition) is 3. The molecule has 100 valence electrons. The van der Waals surface area contributed by atoms with E-state index in [0.29, 0.717) is 0 Å². The molecule has 0 atom stereocenters. The van der Waals surface area contributed by atoms with Crippen LogP contribution in [0, 0.1) is 0 Å². The molecule has 0 N–H and O–H groups in total. The van der Waals surface area contributed by atoms with Crippen molar-refractivity contribution in [3.8, 4) is 11.5 Å². The van der Waals surface area contributed by atoms with Crippen molar-refractivity contribution in [2.45, 2.75) is 45.1 Å². The average molecular weight is 261 g/mol. The number of ether oxygens (including phenoxy) is 2. The first-order valence-electron chi connectivity index (χ1n) is 5.76. The minimum Gasteiger partial charge on any atom is -0.489 e. The molecular formula is C12H14F3NO2. The Hall–Kier alpha value is -1.46. The Bertz CT molecular complexity index is 406. The van der Waals surface area contributed by atoms with E-state index in [2.05, 4.69) is 4.98 Å². The molecule has 0 amide bonds. The largest absolute Gasteiger partial charge is 0.489 e. The van der Waals surface area contributed by atoms with Gasteiger partial charge in [-0.05, 0) is 26.7 Å². The molecule has 0 unspecified atom stereocenters. The number of alkyl halides is 3. The van der Waals surface area contributed by atoms with E-state index in [1.54, 1.807) is 13.8 Å². The third-order valence-electron chi connectivity index (χ3n) is 2.34. The average Bonchev–Trinajstić information content (AvgIpc) is 2.98. The fraction of sp³-hybridized carbons (Fsp3) is 0.583. The van der Waals surface area contributed by atoms with Crippen LogP contribution in [0.5, 0.6) is 11.5 Å². The molecule has 6 heteroatoms. The number of halogens is 3. The summed E-state index contributed by atoms with van der Waals surface area (Å²) in [5.74, 6) is -0.529. The van der Waals surface area contributed by atoms with Gasteiger partial charge in [0.2, 0.25) is 0 Å². The summed E-state index contributed by atoms with van der Waals surface area (Å²) >= 11 is 0. The molecule has 0 aliphatic heterocycles. The zero-order valence-electron chi connectivity index (χ0n) is 10.1. The minimum absolute atomic E-state index is 0.123. The van der Waals surface area contributed by atoms with Crippen LogP contribution in [0.4, 0.5) is 13.2 Å². The summed E-state index contributed by atoms with van der Waals surface area (Å²) in [4.78, 5) is 3.74. The summed E-state index contributed by atoms with van der Waals surface area (Å²) in [6, 6.07) is 0. The lowest BCUT2D eigenvalue weighted by molar-refractivity contribution is -0.140. The van der Waals surface area contributed by atoms with Gasteiger partial charge in [0, 0.05) is 0 Å². The van der Waals surface area contributed by atoms with Crippen molar-refractivity contribution in [2.75, 3.05) is 0 Å². The topological polar surface area (TPSA) is 31.4 Å². The molecular weight excluding hydrogens is 247 g/mol. The zero-order valence-corrected chi connectivity index (χ0v) is 10.1. The van der Waals surface area contributed by atoms with Crippen LogP contribution in [0.25, 0.3) is 0 Å². The van der Waals surface area contributed by atoms with Crippen molar-refractivity contribution in [1.82, 2.24) is 4.98 Å². The van der Waals surface area contributed by atoms with E-state index in [4.69, 9.17) is 9.47 Å². The van der Waals surface area contributed by atoms with Gasteiger partial charge in [0.05, 0.1) is 24.6 Å². The SMILES string of the molecule is CC(C)Oc1cncc(OC2CC2)c1C(F)(F)F. The van der Waals surface area contributed by atoms with Gasteiger partial charge in [-0.1, -0.05) is 0 Å². The van der Waals surface area contributed by atoms with Crippen molar-refractivity contribution in [3.63, 3.8) is 0 Å². The second-order valence-corrected chi connectivity index (χ2v) is 4.49. The summed E-state index contributed by atoms with van der Waals surface area (Å²) in [6.07, 6.45) is -1.26. The number of aromatic nitrogens is 1. The molecule has 1 saturated carbocycles. The maximum atomic E-state index is 13.0. The van der Waals surface area contributed by atoms with E-state index in [-0.39, 0.29) is 23.7 Å². The van der Waals surface area contributed by atoms with Crippen LogP contribution in [0.15, 0.2) is 12.4 Å². The first kappa shape index (κ1) is 13.0. The van der Waals surface area contributed by atoms with Gasteiger partial charge in [-0.3, -0.25) is 4.98 Å². The van der Waals surface area contributed by atoms with Crippen molar-refractivity contribution in [3.05, 3.63) is 18.0 Å². The molecule has 1 heterocycles. The van der Waals surface area contributed by atoms with E-state index in [9.17, 15) is 13.2 Å². The second-order valence-electron chi connectivity index (χ2n) is 4.49. The molecule has 3 nitrogen and oxygen atoms in total. The van der Waals surface area contributed by atoms with E-state index in [1.165, 1.54) is 0 Å². The van der Waals surface area contributed by atoms with Crippen LogP contribution in [0.1, 0.15) is 32.3 Å². The predicted molar refractivity (Wildman–Crippen MR) is 58.7 cm³/mol. The Kier molecular flexibility index (Phi) is 3.36. The highest BCUT2D eigenvalue weighted by atomic mass is 19.4. The van der Waals surface area contributed by atoms with E-state index < -0.39 is 11.7 Å². The van der Waals surface area contributed by atoms with Gasteiger partial charge in [-0.2, -0.15) is 13.2 Å². The summed E-state index contributed by atoms with van der Waals surface area (Å²) in [5.41, 5.74) is -0.877. The quantitative estimate of drug-likeness (QED) is 0.832. The molecule has 0 saturated heterocycles. The lowest BCUT2D eigenvalue weighted by Gasteiger charge is -2.18. The van der Waals surface area contributed by atoms with E-state index in [1.807, 2.05) is 0 Å². The molecule has 0 aromatic carbocycles. The monoisotopic (exact) mass is 261 g/mol. The molecule has 2 rings (SSSR count). The fourth-order valence-corrected chi connectivity index (χ4v) is 1.50. The highest BCUT2D eigenvalue weighted by molar-refractivity contribution is 5.44. The van der Waals surface area contributed by atoms with Gasteiger partial charge in [0.15, 0.2) is 11.5 Å². The smallest absolute Gasteiger partial charge is 0.423 e. The lowest BCUT2D eigenvalue weighted by atomic mass is 10.2. The van der Waals surface area contributed by atoms with Crippen LogP contribution in [-0.2, 0) is 6.18 Å². The molecule has 1 aliphatic carbocycles. The minimum atomic E-state index is -4.52. The molecule has 0 bridgehead atoms. The fourth-order valence-electron chi connectivity index (χ4n) is 1.50. The van der Waals surface area contributed by atoms with Gasteiger partial charge in [0.1, 0.15) is 5.56 Å². The second kappa shape index (κ2) is 4.66. The maximum Gasteiger partial charge on any atom is 0.423 e. The Labute approximate surface area is 103 Å². The third-order valence-corrected chi connectivity index (χ3v) is 2.34. The van der Waals surface area contributed by atoms with E-state index in [0.717, 1.165) is 25.2 Å². The van der Waals surface area contributed by atoms with Gasteiger partial charge in [0.25, 0.3) is 0 Å². The Morgan fingerprint density at radius 1 is 1.22 bits per heavy atom. The first-order valence-corrected chi connectivity index (χ1v) is 5.76. The van der Waals surface area contributed by atoms with Crippen molar-refractivity contribution < 1.29 is 22.6 Å². The van der Waals surface area contributed by atoms with Crippen LogP contribution in [-0.4, -0.2) is 17.2 Å². The molecule has 1 aliphatic rings. The van der Waals surface area contributed by atoms with Gasteiger partial charge < -0.3 is 9.47 Å². The third kappa shape index (κ3) is 3.05. The summed E-state index contributed by atoms with van der Waals surface area (Å²) in [6.45, 7) is 3.32. The van der Waals surface area contributed by atoms with Crippen LogP contribution < -0.4 is 9.47 Å². The van der Waals surface area contributed by atoms with Crippen molar-refractivity contribution >= 4 is 0 Å². The Morgan fingerprint density at radius 3 is 2.33 bits per heavy atom. The zero-order chi connectivity index (χ0) is 13.3. The van der Waals surface area contributed by atoms with Gasteiger partial charge in [-0.25, -0.2) is 0 Å². The number of pyridine rings is 1. The predicted octanol–water partition coefficient (Wildman–Crippen LogP) is 3.43. The van der Waals surface area contributed by atoms with Gasteiger partial charge >= 0.3 is 6.18 Å². The van der Waals surface area contributed by atoms with Crippen LogP contribution >= 0.6 is 0 Å². The Balaban J connectivity index is 2.38. The lowest BCUT2D eigenvalue weighted by Crippen LogP contribution is -2.15. The van der Waals surface area contributed by atoms with Crippen LogP contribution in [0.3, 0.4) is 0 Å². The van der Waals surface area contributed by atoms with Crippen molar-refractivity contribution in [1.29, 1.82) is 0 Å². The maximum absolute atomic E-state index is 13.0. The highest BCUT2D eigenvalue weighted by Crippen LogP contribution is 2.43. The molecule has 1 aromatic heterocycles. The van der Waals surface area contributed by atoms with Crippen LogP contribution in [0.2, 0.25) is 0 Å². The summed E-state index contributed by atoms with van der Waals surface area (Å²) in [5, 5.41) is 0. The highest BCUT2D eigenvalue weighted by Gasteiger charge is 2.40. The molecule has 1 fully saturated rings. The molecule has 18 heavy (non-hydrogen) atoms. The summed E-state index contributed by atoms with van der Waals surface area (Å²) in [7, 11) is 0. The normalized spacial score (nSPS) is 15.9. The Morgan fingerprint density at radius 2 is 1.83 bits per heavy atom. The molecule has 0 spiro atoms. The number of rotatable bonds is 4. The standard InChI is InChI=1S/C12H14F3NO2/c1-7(2)17-9-5-16-6-10(18-8-3-4-8)11(9)12(13,14)15/h5-8H,3-4H2,1-2H3. The van der Waals surface area contributed by atoms with Crippen molar-refractivity contribution in [2.24, 2.45) is 0 Å². The van der Waals surface area contributed by atoms with E-state index >= 15 is 0 Å².